The van der Waals surface area contributed by atoms with Gasteiger partial charge in [-0.15, -0.1) is 5.10 Å². The fourth-order valence-corrected chi connectivity index (χ4v) is 4.98. The third-order valence-electron chi connectivity index (χ3n) is 7.16. The Hall–Kier alpha value is -4.25. The number of unbranched alkanes of at least 4 members (excludes halogenated alkanes) is 2. The molecule has 230 valence electrons. The molecule has 0 aliphatic carbocycles. The molecule has 1 aliphatic rings. The van der Waals surface area contributed by atoms with Gasteiger partial charge in [0.25, 0.3) is 0 Å². The Morgan fingerprint density at radius 1 is 0.860 bits per heavy atom. The average Bonchev–Trinajstić information content (AvgIpc) is 3.42. The normalized spacial score (nSPS) is 11.9. The molecule has 0 unspecified atom stereocenters. The van der Waals surface area contributed by atoms with Gasteiger partial charge in [-0.2, -0.15) is 0 Å². The molecule has 0 fully saturated rings. The molecule has 2 heterocycles. The molecule has 0 bridgehead atoms. The number of para-hydroxylation sites is 1. The Morgan fingerprint density at radius 2 is 1.65 bits per heavy atom. The monoisotopic (exact) mass is 590 g/mol. The number of hydrogen-bond acceptors (Lipinski definition) is 7. The summed E-state index contributed by atoms with van der Waals surface area (Å²) in [5.41, 5.74) is 4.78. The smallest absolute Gasteiger partial charge is 0.407 e. The van der Waals surface area contributed by atoms with Crippen LogP contribution in [0.1, 0.15) is 57.9 Å². The number of rotatable bonds is 15. The van der Waals surface area contributed by atoms with Gasteiger partial charge in [0, 0.05) is 43.7 Å². The van der Waals surface area contributed by atoms with Crippen LogP contribution >= 0.6 is 0 Å². The fraction of sp³-hybridized carbons (Fsp3) is 0.469. The molecular weight excluding hydrogens is 548 g/mol. The number of fused-ring (bicyclic) bond motifs is 5. The number of aromatic nitrogens is 3. The highest BCUT2D eigenvalue weighted by molar-refractivity contribution is 6.00. The number of carbonyl (C=O) groups is 3. The number of carbonyl (C=O) groups excluding carboxylic acids is 3. The number of alkyl carbamates (subject to hydrolysis) is 1. The third-order valence-corrected chi connectivity index (χ3v) is 7.16. The van der Waals surface area contributed by atoms with Crippen molar-refractivity contribution in [1.29, 1.82) is 0 Å². The largest absolute Gasteiger partial charge is 0.448 e. The van der Waals surface area contributed by atoms with Crippen LogP contribution in [0.3, 0.4) is 0 Å². The van der Waals surface area contributed by atoms with Crippen molar-refractivity contribution in [2.45, 2.75) is 65.5 Å². The van der Waals surface area contributed by atoms with E-state index < -0.39 is 6.09 Å². The highest BCUT2D eigenvalue weighted by Crippen LogP contribution is 2.41. The van der Waals surface area contributed by atoms with Crippen molar-refractivity contribution in [1.82, 2.24) is 25.6 Å². The Labute approximate surface area is 252 Å². The van der Waals surface area contributed by atoms with E-state index in [1.54, 1.807) is 9.58 Å². The SMILES string of the molecule is CCCCCNC(=O)OCCn1nnc2c1-c1ccccc1N(C(=O)CCNC(=O)CCOCCC)Cc1ccccc1-2. The molecule has 11 heteroatoms. The molecule has 0 radical (unpaired) electrons. The second-order valence-electron chi connectivity index (χ2n) is 10.4. The van der Waals surface area contributed by atoms with Gasteiger partial charge in [0.15, 0.2) is 0 Å². The van der Waals surface area contributed by atoms with E-state index in [9.17, 15) is 14.4 Å². The summed E-state index contributed by atoms with van der Waals surface area (Å²) in [6.07, 6.45) is 3.89. The third kappa shape index (κ3) is 8.63. The summed E-state index contributed by atoms with van der Waals surface area (Å²) >= 11 is 0. The van der Waals surface area contributed by atoms with Crippen molar-refractivity contribution in [3.63, 3.8) is 0 Å². The van der Waals surface area contributed by atoms with Gasteiger partial charge in [0.05, 0.1) is 31.1 Å². The maximum absolute atomic E-state index is 13.7. The Kier molecular flexibility index (Phi) is 12.1. The van der Waals surface area contributed by atoms with Gasteiger partial charge in [0.2, 0.25) is 11.8 Å². The second kappa shape index (κ2) is 16.4. The minimum Gasteiger partial charge on any atom is -0.448 e. The van der Waals surface area contributed by atoms with Crippen molar-refractivity contribution in [3.05, 3.63) is 54.1 Å². The second-order valence-corrected chi connectivity index (χ2v) is 10.4. The summed E-state index contributed by atoms with van der Waals surface area (Å²) in [7, 11) is 0. The minimum absolute atomic E-state index is 0.115. The molecule has 43 heavy (non-hydrogen) atoms. The van der Waals surface area contributed by atoms with E-state index in [0.717, 1.165) is 53.8 Å². The first-order valence-corrected chi connectivity index (χ1v) is 15.2. The van der Waals surface area contributed by atoms with E-state index in [0.29, 0.717) is 38.5 Å². The van der Waals surface area contributed by atoms with E-state index >= 15 is 0 Å². The molecule has 0 saturated carbocycles. The van der Waals surface area contributed by atoms with Gasteiger partial charge in [-0.3, -0.25) is 9.59 Å². The van der Waals surface area contributed by atoms with Crippen LogP contribution in [0.25, 0.3) is 22.5 Å². The lowest BCUT2D eigenvalue weighted by molar-refractivity contribution is -0.122. The first kappa shape index (κ1) is 31.7. The van der Waals surface area contributed by atoms with Gasteiger partial charge in [-0.1, -0.05) is 74.4 Å². The molecule has 4 rings (SSSR count). The quantitative estimate of drug-likeness (QED) is 0.246. The molecule has 0 spiro atoms. The topological polar surface area (TPSA) is 128 Å². The number of hydrogen-bond donors (Lipinski definition) is 2. The predicted molar refractivity (Wildman–Crippen MR) is 164 cm³/mol. The van der Waals surface area contributed by atoms with Gasteiger partial charge >= 0.3 is 6.09 Å². The highest BCUT2D eigenvalue weighted by Gasteiger charge is 2.29. The fourth-order valence-electron chi connectivity index (χ4n) is 4.98. The van der Waals surface area contributed by atoms with Gasteiger partial charge in [0.1, 0.15) is 12.3 Å². The lowest BCUT2D eigenvalue weighted by Gasteiger charge is -2.29. The van der Waals surface area contributed by atoms with Gasteiger partial charge < -0.3 is 25.0 Å². The lowest BCUT2D eigenvalue weighted by Crippen LogP contribution is -2.35. The number of benzene rings is 2. The first-order chi connectivity index (χ1) is 21.0. The Morgan fingerprint density at radius 3 is 2.47 bits per heavy atom. The van der Waals surface area contributed by atoms with Crippen LogP contribution in [0, 0.1) is 0 Å². The molecule has 11 nitrogen and oxygen atoms in total. The summed E-state index contributed by atoms with van der Waals surface area (Å²) in [5, 5.41) is 14.6. The van der Waals surface area contributed by atoms with E-state index in [1.165, 1.54) is 0 Å². The van der Waals surface area contributed by atoms with Gasteiger partial charge in [-0.05, 0) is 24.5 Å². The number of anilines is 1. The van der Waals surface area contributed by atoms with Crippen molar-refractivity contribution >= 4 is 23.6 Å². The maximum atomic E-state index is 13.7. The predicted octanol–water partition coefficient (Wildman–Crippen LogP) is 4.70. The Balaban J connectivity index is 1.52. The van der Waals surface area contributed by atoms with Gasteiger partial charge in [-0.25, -0.2) is 9.48 Å². The van der Waals surface area contributed by atoms with Crippen molar-refractivity contribution in [3.8, 4) is 22.5 Å². The standard InChI is InChI=1S/C32H42N6O5/c1-3-5-10-17-34-32(41)43-22-19-38-31-26-13-8-9-14-27(26)37(23-24-11-6-7-12-25(24)30(31)35-36-38)29(40)15-18-33-28(39)16-21-42-20-4-2/h6-9,11-14H,3-5,10,15-23H2,1-2H3,(H,33,39)(H,34,41). The number of ether oxygens (including phenoxy) is 2. The molecule has 0 atom stereocenters. The molecule has 0 saturated heterocycles. The van der Waals surface area contributed by atoms with Crippen molar-refractivity contribution < 1.29 is 23.9 Å². The Bertz CT molecular complexity index is 1370. The zero-order chi connectivity index (χ0) is 30.4. The van der Waals surface area contributed by atoms with Crippen LogP contribution in [0.15, 0.2) is 48.5 Å². The molecule has 3 aromatic rings. The van der Waals surface area contributed by atoms with E-state index in [-0.39, 0.29) is 37.8 Å². The van der Waals surface area contributed by atoms with Crippen LogP contribution in [0.2, 0.25) is 0 Å². The van der Waals surface area contributed by atoms with Crippen LogP contribution < -0.4 is 15.5 Å². The molecular formula is C32H42N6O5. The maximum Gasteiger partial charge on any atom is 0.407 e. The first-order valence-electron chi connectivity index (χ1n) is 15.2. The molecule has 2 N–H and O–H groups in total. The molecule has 1 aromatic heterocycles. The summed E-state index contributed by atoms with van der Waals surface area (Å²) < 4.78 is 12.5. The van der Waals surface area contributed by atoms with Crippen LogP contribution in [0.5, 0.6) is 0 Å². The van der Waals surface area contributed by atoms with Crippen molar-refractivity contribution in [2.24, 2.45) is 0 Å². The van der Waals surface area contributed by atoms with E-state index in [4.69, 9.17) is 9.47 Å². The van der Waals surface area contributed by atoms with E-state index in [1.807, 2.05) is 55.5 Å². The lowest BCUT2D eigenvalue weighted by atomic mass is 9.95. The van der Waals surface area contributed by atoms with E-state index in [2.05, 4.69) is 27.9 Å². The molecule has 1 aliphatic heterocycles. The zero-order valence-electron chi connectivity index (χ0n) is 25.1. The minimum atomic E-state index is -0.456. The zero-order valence-corrected chi connectivity index (χ0v) is 25.1. The van der Waals surface area contributed by atoms with Crippen LogP contribution in [-0.4, -0.2) is 65.8 Å². The summed E-state index contributed by atoms with van der Waals surface area (Å²) in [5.74, 6) is -0.255. The average molecular weight is 591 g/mol. The number of nitrogens with zero attached hydrogens (tertiary/aromatic N) is 4. The number of nitrogens with one attached hydrogen (secondary N) is 2. The van der Waals surface area contributed by atoms with Crippen molar-refractivity contribution in [2.75, 3.05) is 37.8 Å². The molecule has 3 amide bonds. The summed E-state index contributed by atoms with van der Waals surface area (Å²) in [6, 6.07) is 15.5. The summed E-state index contributed by atoms with van der Waals surface area (Å²) in [4.78, 5) is 39.8. The summed E-state index contributed by atoms with van der Waals surface area (Å²) in [6.45, 7) is 6.68. The van der Waals surface area contributed by atoms with Crippen LogP contribution in [-0.2, 0) is 32.2 Å². The highest BCUT2D eigenvalue weighted by atomic mass is 16.5. The number of amides is 3. The molecule has 2 aromatic carbocycles. The van der Waals surface area contributed by atoms with Crippen LogP contribution in [0.4, 0.5) is 10.5 Å².